The molecule has 1 atom stereocenters. The number of likely N-dealkylation sites (N-methyl/N-ethyl adjacent to an activating group) is 1. The predicted molar refractivity (Wildman–Crippen MR) is 206 cm³/mol. The van der Waals surface area contributed by atoms with Gasteiger partial charge in [0.25, 0.3) is 0 Å². The van der Waals surface area contributed by atoms with Gasteiger partial charge in [0.05, 0.1) is 46.8 Å². The van der Waals surface area contributed by atoms with Gasteiger partial charge < -0.3 is 47.4 Å². The largest absolute Gasteiger partial charge is 1.00 e. The monoisotopic (exact) mass is 715 g/mol. The van der Waals surface area contributed by atoms with Gasteiger partial charge in [0.2, 0.25) is 12.5 Å². The summed E-state index contributed by atoms with van der Waals surface area (Å²) in [7, 11) is 58.0. The number of methoxy groups -OCH3 is 2. The van der Waals surface area contributed by atoms with Crippen LogP contribution in [0.4, 0.5) is 0 Å². The van der Waals surface area contributed by atoms with Crippen molar-refractivity contribution in [3.8, 4) is 23.0 Å². The zero-order valence-corrected chi connectivity index (χ0v) is 30.0. The van der Waals surface area contributed by atoms with Crippen LogP contribution in [0.2, 0.25) is 0 Å². The molecule has 0 fully saturated rings. The summed E-state index contributed by atoms with van der Waals surface area (Å²) in [6.45, 7) is 1.17. The average Bonchev–Trinajstić information content (AvgIpc) is 3.47. The lowest BCUT2D eigenvalue weighted by atomic mass is 8.44. The van der Waals surface area contributed by atoms with Gasteiger partial charge in [-0.1, -0.05) is 12.1 Å². The summed E-state index contributed by atoms with van der Waals surface area (Å²) in [5.41, 5.74) is 3.43. The van der Waals surface area contributed by atoms with E-state index in [1.54, 1.807) is 14.2 Å². The topological polar surface area (TPSA) is 54.0 Å². The van der Waals surface area contributed by atoms with Gasteiger partial charge in [0.15, 0.2) is 11.5 Å². The number of fused-ring (bicyclic) bond motifs is 2. The molecular weight excluding hydrogens is 682 g/mol. The molecule has 2 aromatic carbocycles. The van der Waals surface area contributed by atoms with E-state index in [9.17, 15) is 4.79 Å². The fraction of sp³-hybridized carbons (Fsp3) is 0.458. The number of ketones is 1. The summed E-state index contributed by atoms with van der Waals surface area (Å²) in [5.74, 6) is 3.21. The number of carbonyl (C=O) groups is 1. The van der Waals surface area contributed by atoms with Crippen molar-refractivity contribution < 1.29 is 52.2 Å². The third-order valence-electron chi connectivity index (χ3n) is 9.02. The van der Waals surface area contributed by atoms with Gasteiger partial charge in [-0.3, -0.25) is 4.79 Å². The fourth-order valence-electron chi connectivity index (χ4n) is 6.31. The van der Waals surface area contributed by atoms with Crippen molar-refractivity contribution in [3.63, 3.8) is 0 Å². The molecule has 216 valence electrons. The first kappa shape index (κ1) is 42.2. The summed E-state index contributed by atoms with van der Waals surface area (Å²) < 4.78 is 23.0. The smallest absolute Gasteiger partial charge is 0.231 e. The maximum absolute atomic E-state index is 13.0. The summed E-state index contributed by atoms with van der Waals surface area (Å²) in [4.78, 5) is 13.0. The molecule has 0 aliphatic carbocycles. The lowest BCUT2D eigenvalue weighted by Crippen LogP contribution is -3.00. The van der Waals surface area contributed by atoms with Crippen LogP contribution in [0.15, 0.2) is 30.3 Å². The van der Waals surface area contributed by atoms with Crippen molar-refractivity contribution in [2.75, 3.05) is 41.7 Å². The number of nitrogens with zero attached hydrogens (tertiary/aromatic N) is 1. The minimum Gasteiger partial charge on any atom is -1.00 e. The lowest BCUT2D eigenvalue weighted by Gasteiger charge is -2.43. The standard InChI is InChI=1S/C24H30NO5.B16.HI/c1-25(2)12-11-17-13-21-23(30-15-29-21)24(28-4)22(17)20(25)14-18(26)8-5-16-6-9-19(27-3)10-7-16;1-10(2)14(9)16(13(7)8)15(11(3)4)12(5)6;/h6-7,9-10,13,20H,5,8,11-12,14-15H2,1-4H3;;1H/q+1;;/p-1. The second-order valence-electron chi connectivity index (χ2n) is 12.6. The minimum absolute atomic E-state index is 0. The maximum atomic E-state index is 13.0. The molecule has 1 unspecified atom stereocenters. The quantitative estimate of drug-likeness (QED) is 0.118. The van der Waals surface area contributed by atoms with Crippen LogP contribution >= 0.6 is 0 Å². The first-order valence-electron chi connectivity index (χ1n) is 15.4. The second-order valence-corrected chi connectivity index (χ2v) is 12.6. The third kappa shape index (κ3) is 10.8. The molecule has 2 aromatic rings. The van der Waals surface area contributed by atoms with Gasteiger partial charge in [-0.05, 0) is 35.7 Å². The Morgan fingerprint density at radius 1 is 0.872 bits per heavy atom. The zero-order valence-electron chi connectivity index (χ0n) is 27.8. The first-order chi connectivity index (χ1) is 21.6. The van der Waals surface area contributed by atoms with Crippen molar-refractivity contribution in [2.45, 2.75) is 31.7 Å². The molecule has 0 saturated carbocycles. The normalized spacial score (nSPS) is 14.9. The molecule has 6 nitrogen and oxygen atoms in total. The average molecular weight is 712 g/mol. The van der Waals surface area contributed by atoms with E-state index < -0.39 is 44.7 Å². The predicted octanol–water partition coefficient (Wildman–Crippen LogP) is -5.39. The summed E-state index contributed by atoms with van der Waals surface area (Å²) in [6.07, 6.45) is -2.37. The van der Waals surface area contributed by atoms with E-state index in [2.05, 4.69) is 20.2 Å². The summed E-state index contributed by atoms with van der Waals surface area (Å²) >= 11 is 0. The molecule has 2 heterocycles. The highest BCUT2D eigenvalue weighted by molar-refractivity contribution is 8.13. The van der Waals surface area contributed by atoms with Gasteiger partial charge >= 0.3 is 0 Å². The van der Waals surface area contributed by atoms with Crippen LogP contribution < -0.4 is 42.9 Å². The molecule has 0 bridgehead atoms. The summed E-state index contributed by atoms with van der Waals surface area (Å²) in [5, 5.41) is 0. The zero-order chi connectivity index (χ0) is 34.3. The van der Waals surface area contributed by atoms with Gasteiger partial charge in [0, 0.05) is 127 Å². The number of hydrogen-bond acceptors (Lipinski definition) is 5. The first-order valence-corrected chi connectivity index (χ1v) is 15.4. The number of quaternary nitrogens is 1. The molecule has 2 aliphatic rings. The molecule has 18 radical (unpaired) electrons. The maximum Gasteiger partial charge on any atom is 0.231 e. The van der Waals surface area contributed by atoms with E-state index in [-0.39, 0.29) is 42.6 Å². The number of carbonyl (C=O) groups excluding carboxylic acids is 1. The van der Waals surface area contributed by atoms with E-state index >= 15 is 0 Å². The number of hydrogen-bond donors (Lipinski definition) is 0. The molecule has 23 heteroatoms. The van der Waals surface area contributed by atoms with Crippen molar-refractivity contribution in [2.24, 2.45) is 0 Å². The Hall–Kier alpha value is -0.961. The van der Waals surface area contributed by atoms with Gasteiger partial charge in [0.1, 0.15) is 17.6 Å². The Bertz CT molecular complexity index is 1300. The second kappa shape index (κ2) is 18.9. The van der Waals surface area contributed by atoms with Gasteiger partial charge in [-0.15, -0.1) is 0 Å². The Kier molecular flexibility index (Phi) is 16.9. The van der Waals surface area contributed by atoms with E-state index in [1.807, 2.05) is 24.3 Å². The molecule has 0 N–H and O–H groups in total. The molecule has 0 saturated heterocycles. The third-order valence-corrected chi connectivity index (χ3v) is 9.02. The molecule has 0 spiro atoms. The van der Waals surface area contributed by atoms with Gasteiger partial charge in [-0.25, -0.2) is 0 Å². The Labute approximate surface area is 313 Å². The van der Waals surface area contributed by atoms with Crippen molar-refractivity contribution in [3.05, 3.63) is 47.0 Å². The molecule has 4 rings (SSSR count). The van der Waals surface area contributed by atoms with Crippen LogP contribution in [0.3, 0.4) is 0 Å². The van der Waals surface area contributed by atoms with Crippen molar-refractivity contribution >= 4 is 120 Å². The van der Waals surface area contributed by atoms with Crippen LogP contribution in [-0.4, -0.2) is 166 Å². The number of benzene rings is 2. The van der Waals surface area contributed by atoms with Crippen LogP contribution in [0.5, 0.6) is 23.0 Å². The van der Waals surface area contributed by atoms with Crippen LogP contribution in [0.1, 0.15) is 35.6 Å². The van der Waals surface area contributed by atoms with E-state index in [0.29, 0.717) is 18.6 Å². The number of halogens is 1. The van der Waals surface area contributed by atoms with E-state index in [1.165, 1.54) is 5.56 Å². The SMILES string of the molecule is COc1ccc(CCC(=O)CC2c3c(cc4c(c3OC)OCO4)CC[N+]2(C)C)cc1.[B]B([B])B([B])B(B([B])[B])B(B([B])[B])B([B])[B].[I-]. The Morgan fingerprint density at radius 3 is 1.98 bits per heavy atom. The fourth-order valence-corrected chi connectivity index (χ4v) is 6.31. The van der Waals surface area contributed by atoms with E-state index in [0.717, 1.165) is 52.2 Å². The van der Waals surface area contributed by atoms with Crippen molar-refractivity contribution in [1.82, 2.24) is 0 Å². The molecule has 0 amide bonds. The molecule has 2 aliphatic heterocycles. The number of ether oxygens (including phenoxy) is 4. The molecular formula is C24H30B16INO5. The Balaban J connectivity index is 0.000000388. The van der Waals surface area contributed by atoms with Gasteiger partial charge in [-0.2, -0.15) is 0 Å². The molecule has 0 aromatic heterocycles. The highest BCUT2D eigenvalue weighted by atomic mass is 127. The number of rotatable bonds is 13. The molecule has 47 heavy (non-hydrogen) atoms. The van der Waals surface area contributed by atoms with Crippen LogP contribution in [-0.2, 0) is 17.6 Å². The lowest BCUT2D eigenvalue weighted by molar-refractivity contribution is -0.922. The highest BCUT2D eigenvalue weighted by Crippen LogP contribution is 2.51. The summed E-state index contributed by atoms with van der Waals surface area (Å²) in [6, 6.07) is 10.0. The number of aryl methyl sites for hydroxylation is 1. The number of Topliss-reactive ketones (excluding diaryl/α,β-unsaturated/α-hetero) is 1. The Morgan fingerprint density at radius 2 is 1.47 bits per heavy atom. The van der Waals surface area contributed by atoms with E-state index in [4.69, 9.17) is 88.6 Å². The highest BCUT2D eigenvalue weighted by Gasteiger charge is 2.42. The van der Waals surface area contributed by atoms with Crippen LogP contribution in [0.25, 0.3) is 0 Å². The van der Waals surface area contributed by atoms with Crippen LogP contribution in [0, 0.1) is 0 Å². The minimum atomic E-state index is -0.807. The van der Waals surface area contributed by atoms with Crippen molar-refractivity contribution in [1.29, 1.82) is 0 Å².